The molecule has 9 heteroatoms. The van der Waals surface area contributed by atoms with E-state index in [1.54, 1.807) is 6.92 Å². The monoisotopic (exact) mass is 398 g/mol. The molecule has 1 aliphatic heterocycles. The number of oxazole rings is 1. The van der Waals surface area contributed by atoms with E-state index in [2.05, 4.69) is 20.7 Å². The number of aryl methyl sites for hydroxylation is 3. The van der Waals surface area contributed by atoms with Gasteiger partial charge in [-0.2, -0.15) is 5.10 Å². The highest BCUT2D eigenvalue weighted by atomic mass is 16.5. The maximum atomic E-state index is 12.5. The van der Waals surface area contributed by atoms with E-state index in [1.807, 2.05) is 24.7 Å². The van der Waals surface area contributed by atoms with Gasteiger partial charge in [0.1, 0.15) is 6.26 Å². The molecule has 0 bridgehead atoms. The average molecular weight is 398 g/mol. The second-order valence-corrected chi connectivity index (χ2v) is 7.21. The standard InChI is InChI=1S/C20H26N6O3/c1-4-26-19-16(10-22-26)18(25-14-5-7-28-8-6-14)15(12(2)23-19)9-21-20(27)17-11-29-13(3)24-17/h10-11,14H,4-9H2,1-3H3,(H,21,27)(H,23,25). The Hall–Kier alpha value is -2.94. The average Bonchev–Trinajstić information content (AvgIpc) is 3.34. The molecule has 4 rings (SSSR count). The van der Waals surface area contributed by atoms with Crippen LogP contribution in [-0.2, 0) is 17.8 Å². The second kappa shape index (κ2) is 8.20. The number of rotatable bonds is 6. The first kappa shape index (κ1) is 19.4. The van der Waals surface area contributed by atoms with Crippen LogP contribution in [0.5, 0.6) is 0 Å². The number of carbonyl (C=O) groups excluding carboxylic acids is 1. The van der Waals surface area contributed by atoms with Gasteiger partial charge in [0.05, 0.1) is 17.3 Å². The molecule has 0 spiro atoms. The quantitative estimate of drug-likeness (QED) is 0.657. The first-order valence-electron chi connectivity index (χ1n) is 9.96. The Bertz CT molecular complexity index is 1020. The zero-order valence-corrected chi connectivity index (χ0v) is 17.0. The lowest BCUT2D eigenvalue weighted by molar-refractivity contribution is 0.0904. The minimum Gasteiger partial charge on any atom is -0.448 e. The van der Waals surface area contributed by atoms with Crippen molar-refractivity contribution in [1.29, 1.82) is 0 Å². The van der Waals surface area contributed by atoms with Gasteiger partial charge in [-0.1, -0.05) is 0 Å². The number of ether oxygens (including phenoxy) is 1. The van der Waals surface area contributed by atoms with Gasteiger partial charge in [-0.15, -0.1) is 0 Å². The molecule has 0 aliphatic carbocycles. The van der Waals surface area contributed by atoms with Gasteiger partial charge in [0.15, 0.2) is 17.2 Å². The van der Waals surface area contributed by atoms with Crippen LogP contribution in [0.4, 0.5) is 5.69 Å². The normalized spacial score (nSPS) is 15.0. The van der Waals surface area contributed by atoms with Crippen LogP contribution in [0.25, 0.3) is 11.0 Å². The molecule has 29 heavy (non-hydrogen) atoms. The van der Waals surface area contributed by atoms with Crippen LogP contribution in [-0.4, -0.2) is 44.9 Å². The van der Waals surface area contributed by atoms with Gasteiger partial charge in [0.25, 0.3) is 5.91 Å². The van der Waals surface area contributed by atoms with E-state index in [0.717, 1.165) is 60.6 Å². The summed E-state index contributed by atoms with van der Waals surface area (Å²) in [6, 6.07) is 0.311. The lowest BCUT2D eigenvalue weighted by atomic mass is 10.0. The minimum atomic E-state index is -0.275. The Morgan fingerprint density at radius 2 is 2.07 bits per heavy atom. The smallest absolute Gasteiger partial charge is 0.273 e. The molecule has 1 fully saturated rings. The number of fused-ring (bicyclic) bond motifs is 1. The molecular weight excluding hydrogens is 372 g/mol. The van der Waals surface area contributed by atoms with Crippen LogP contribution in [0, 0.1) is 13.8 Å². The Labute approximate surface area is 168 Å². The Morgan fingerprint density at radius 1 is 1.28 bits per heavy atom. The Balaban J connectivity index is 1.66. The van der Waals surface area contributed by atoms with E-state index in [4.69, 9.17) is 14.1 Å². The highest BCUT2D eigenvalue weighted by Crippen LogP contribution is 2.30. The maximum absolute atomic E-state index is 12.5. The van der Waals surface area contributed by atoms with Crippen LogP contribution in [0.3, 0.4) is 0 Å². The lowest BCUT2D eigenvalue weighted by Gasteiger charge is -2.26. The molecule has 1 amide bonds. The van der Waals surface area contributed by atoms with Gasteiger partial charge in [-0.25, -0.2) is 14.6 Å². The number of nitrogens with zero attached hydrogens (tertiary/aromatic N) is 4. The maximum Gasteiger partial charge on any atom is 0.273 e. The van der Waals surface area contributed by atoms with E-state index in [9.17, 15) is 4.79 Å². The van der Waals surface area contributed by atoms with Gasteiger partial charge in [-0.3, -0.25) is 4.79 Å². The third-order valence-electron chi connectivity index (χ3n) is 5.24. The van der Waals surface area contributed by atoms with Crippen LogP contribution < -0.4 is 10.6 Å². The molecule has 4 heterocycles. The van der Waals surface area contributed by atoms with Crippen LogP contribution >= 0.6 is 0 Å². The summed E-state index contributed by atoms with van der Waals surface area (Å²) in [6.45, 7) is 8.29. The second-order valence-electron chi connectivity index (χ2n) is 7.21. The van der Waals surface area contributed by atoms with Gasteiger partial charge in [0, 0.05) is 50.5 Å². The largest absolute Gasteiger partial charge is 0.448 e. The van der Waals surface area contributed by atoms with E-state index in [0.29, 0.717) is 18.5 Å². The van der Waals surface area contributed by atoms with Crippen molar-refractivity contribution in [3.8, 4) is 0 Å². The van der Waals surface area contributed by atoms with Gasteiger partial charge < -0.3 is 19.8 Å². The fraction of sp³-hybridized carbons (Fsp3) is 0.500. The number of hydrogen-bond acceptors (Lipinski definition) is 7. The highest BCUT2D eigenvalue weighted by molar-refractivity contribution is 5.93. The van der Waals surface area contributed by atoms with Crippen molar-refractivity contribution in [3.05, 3.63) is 35.3 Å². The highest BCUT2D eigenvalue weighted by Gasteiger charge is 2.21. The Morgan fingerprint density at radius 3 is 2.76 bits per heavy atom. The van der Waals surface area contributed by atoms with Gasteiger partial charge >= 0.3 is 0 Å². The molecule has 0 unspecified atom stereocenters. The van der Waals surface area contributed by atoms with Crippen molar-refractivity contribution in [2.45, 2.75) is 52.7 Å². The SMILES string of the molecule is CCn1ncc2c(NC3CCOCC3)c(CNC(=O)c3coc(C)n3)c(C)nc21. The Kier molecular flexibility index (Phi) is 5.48. The zero-order valence-electron chi connectivity index (χ0n) is 17.0. The zero-order chi connectivity index (χ0) is 20.4. The van der Waals surface area contributed by atoms with Crippen LogP contribution in [0.1, 0.15) is 47.4 Å². The molecule has 154 valence electrons. The van der Waals surface area contributed by atoms with Crippen molar-refractivity contribution in [3.63, 3.8) is 0 Å². The van der Waals surface area contributed by atoms with E-state index < -0.39 is 0 Å². The summed E-state index contributed by atoms with van der Waals surface area (Å²) in [5.41, 5.74) is 3.91. The molecule has 0 saturated carbocycles. The summed E-state index contributed by atoms with van der Waals surface area (Å²) in [4.78, 5) is 21.3. The van der Waals surface area contributed by atoms with Crippen LogP contribution in [0.15, 0.2) is 16.9 Å². The van der Waals surface area contributed by atoms with Gasteiger partial charge in [-0.05, 0) is 26.7 Å². The number of amides is 1. The summed E-state index contributed by atoms with van der Waals surface area (Å²) in [5, 5.41) is 12.1. The molecule has 0 aromatic carbocycles. The molecule has 1 saturated heterocycles. The predicted molar refractivity (Wildman–Crippen MR) is 108 cm³/mol. The third-order valence-corrected chi connectivity index (χ3v) is 5.24. The number of nitrogens with one attached hydrogen (secondary N) is 2. The van der Waals surface area contributed by atoms with Crippen molar-refractivity contribution in [2.24, 2.45) is 0 Å². The lowest BCUT2D eigenvalue weighted by Crippen LogP contribution is -2.30. The van der Waals surface area contributed by atoms with E-state index in [1.165, 1.54) is 6.26 Å². The molecule has 3 aromatic rings. The van der Waals surface area contributed by atoms with Crippen LogP contribution in [0.2, 0.25) is 0 Å². The topological polar surface area (TPSA) is 107 Å². The van der Waals surface area contributed by atoms with Crippen molar-refractivity contribution in [2.75, 3.05) is 18.5 Å². The fourth-order valence-electron chi connectivity index (χ4n) is 3.63. The molecule has 2 N–H and O–H groups in total. The summed E-state index contributed by atoms with van der Waals surface area (Å²) < 4.78 is 12.5. The molecule has 1 aliphatic rings. The summed E-state index contributed by atoms with van der Waals surface area (Å²) in [5.74, 6) is 0.186. The summed E-state index contributed by atoms with van der Waals surface area (Å²) in [7, 11) is 0. The third kappa shape index (κ3) is 3.95. The van der Waals surface area contributed by atoms with Gasteiger partial charge in [0.2, 0.25) is 0 Å². The molecule has 3 aromatic heterocycles. The molecule has 0 radical (unpaired) electrons. The first-order valence-corrected chi connectivity index (χ1v) is 9.96. The number of hydrogen-bond donors (Lipinski definition) is 2. The number of pyridine rings is 1. The van der Waals surface area contributed by atoms with E-state index in [-0.39, 0.29) is 11.6 Å². The fourth-order valence-corrected chi connectivity index (χ4v) is 3.63. The van der Waals surface area contributed by atoms with E-state index >= 15 is 0 Å². The minimum absolute atomic E-state index is 0.270. The number of anilines is 1. The first-order chi connectivity index (χ1) is 14.1. The van der Waals surface area contributed by atoms with Crippen molar-refractivity contribution < 1.29 is 13.9 Å². The summed E-state index contributed by atoms with van der Waals surface area (Å²) >= 11 is 0. The molecule has 9 nitrogen and oxygen atoms in total. The summed E-state index contributed by atoms with van der Waals surface area (Å²) in [6.07, 6.45) is 5.09. The number of carbonyl (C=O) groups is 1. The predicted octanol–water partition coefficient (Wildman–Crippen LogP) is 2.58. The van der Waals surface area contributed by atoms with Crippen molar-refractivity contribution >= 4 is 22.6 Å². The molecular formula is C20H26N6O3. The molecule has 0 atom stereocenters. The number of aromatic nitrogens is 4. The van der Waals surface area contributed by atoms with Crippen molar-refractivity contribution in [1.82, 2.24) is 25.1 Å².